The molecular weight excluding hydrogens is 264 g/mol. The smallest absolute Gasteiger partial charge is 0.331 e. The van der Waals surface area contributed by atoms with E-state index < -0.39 is 12.0 Å². The van der Waals surface area contributed by atoms with Crippen molar-refractivity contribution in [3.63, 3.8) is 0 Å². The number of rotatable bonds is 5. The molecule has 2 aromatic rings. The number of hydrogen-bond donors (Lipinski definition) is 1. The van der Waals surface area contributed by atoms with Crippen LogP contribution in [-0.2, 0) is 4.79 Å². The first-order valence-electron chi connectivity index (χ1n) is 6.78. The molecule has 2 aromatic carbocycles. The summed E-state index contributed by atoms with van der Waals surface area (Å²) in [5, 5.41) is 9.58. The van der Waals surface area contributed by atoms with Crippen molar-refractivity contribution in [3.05, 3.63) is 60.2 Å². The van der Waals surface area contributed by atoms with Crippen molar-refractivity contribution in [1.82, 2.24) is 0 Å². The molecule has 2 rings (SSSR count). The highest BCUT2D eigenvalue weighted by Crippen LogP contribution is 2.27. The van der Waals surface area contributed by atoms with Crippen LogP contribution in [0.1, 0.15) is 11.6 Å². The first-order chi connectivity index (χ1) is 10.0. The van der Waals surface area contributed by atoms with Gasteiger partial charge in [-0.2, -0.15) is 0 Å². The minimum Gasteiger partial charge on any atom is -0.479 e. The van der Waals surface area contributed by atoms with Crippen LogP contribution in [0.4, 0.5) is 11.4 Å². The summed E-state index contributed by atoms with van der Waals surface area (Å²) in [6, 6.07) is 16.4. The van der Waals surface area contributed by atoms with Gasteiger partial charge in [-0.15, -0.1) is 0 Å². The second-order valence-electron chi connectivity index (χ2n) is 5.17. The van der Waals surface area contributed by atoms with Crippen LogP contribution in [0.15, 0.2) is 54.6 Å². The fraction of sp³-hybridized carbons (Fsp3) is 0.235. The highest BCUT2D eigenvalue weighted by Gasteiger charge is 2.24. The molecule has 0 aliphatic heterocycles. The Morgan fingerprint density at radius 1 is 0.905 bits per heavy atom. The van der Waals surface area contributed by atoms with Gasteiger partial charge in [-0.05, 0) is 29.8 Å². The van der Waals surface area contributed by atoms with Crippen LogP contribution in [0.25, 0.3) is 0 Å². The Balaban J connectivity index is 2.33. The summed E-state index contributed by atoms with van der Waals surface area (Å²) in [6.07, 6.45) is 0. The lowest BCUT2D eigenvalue weighted by Crippen LogP contribution is -2.30. The van der Waals surface area contributed by atoms with E-state index in [2.05, 4.69) is 0 Å². The van der Waals surface area contributed by atoms with E-state index in [1.165, 1.54) is 0 Å². The number of anilines is 2. The highest BCUT2D eigenvalue weighted by atomic mass is 16.4. The van der Waals surface area contributed by atoms with Crippen LogP contribution in [-0.4, -0.2) is 32.2 Å². The maximum absolute atomic E-state index is 11.7. The van der Waals surface area contributed by atoms with Gasteiger partial charge in [0, 0.05) is 32.5 Å². The number of para-hydroxylation sites is 1. The molecule has 0 saturated heterocycles. The Labute approximate surface area is 125 Å². The lowest BCUT2D eigenvalue weighted by atomic mass is 10.0. The Kier molecular flexibility index (Phi) is 4.48. The Morgan fingerprint density at radius 2 is 1.48 bits per heavy atom. The topological polar surface area (TPSA) is 43.8 Å². The molecule has 0 heterocycles. The van der Waals surface area contributed by atoms with E-state index in [-0.39, 0.29) is 0 Å². The van der Waals surface area contributed by atoms with Crippen molar-refractivity contribution >= 4 is 17.3 Å². The minimum atomic E-state index is -0.862. The molecule has 0 fully saturated rings. The fourth-order valence-corrected chi connectivity index (χ4v) is 2.30. The van der Waals surface area contributed by atoms with Gasteiger partial charge in [-0.25, -0.2) is 4.79 Å². The minimum absolute atomic E-state index is 0.705. The molecule has 1 atom stereocenters. The number of hydrogen-bond acceptors (Lipinski definition) is 3. The number of carbonyl (C=O) groups is 1. The number of benzene rings is 2. The third-order valence-electron chi connectivity index (χ3n) is 3.51. The Bertz CT molecular complexity index is 594. The average Bonchev–Trinajstić information content (AvgIpc) is 2.48. The maximum atomic E-state index is 11.7. The van der Waals surface area contributed by atoms with E-state index in [0.29, 0.717) is 0 Å². The molecular formula is C17H20N2O2. The molecule has 21 heavy (non-hydrogen) atoms. The van der Waals surface area contributed by atoms with Crippen LogP contribution in [0.2, 0.25) is 0 Å². The monoisotopic (exact) mass is 284 g/mol. The van der Waals surface area contributed by atoms with Gasteiger partial charge in [-0.3, -0.25) is 0 Å². The van der Waals surface area contributed by atoms with Crippen molar-refractivity contribution in [2.75, 3.05) is 30.9 Å². The van der Waals surface area contributed by atoms with Gasteiger partial charge in [-0.1, -0.05) is 30.3 Å². The molecule has 0 spiro atoms. The predicted octanol–water partition coefficient (Wildman–Crippen LogP) is 3.01. The van der Waals surface area contributed by atoms with E-state index in [1.807, 2.05) is 73.6 Å². The molecule has 0 aliphatic rings. The predicted molar refractivity (Wildman–Crippen MR) is 86.0 cm³/mol. The second-order valence-corrected chi connectivity index (χ2v) is 5.17. The van der Waals surface area contributed by atoms with Gasteiger partial charge >= 0.3 is 5.97 Å². The molecule has 0 aromatic heterocycles. The van der Waals surface area contributed by atoms with Gasteiger partial charge in [0.1, 0.15) is 0 Å². The summed E-state index contributed by atoms with van der Waals surface area (Å²) >= 11 is 0. The van der Waals surface area contributed by atoms with Crippen molar-refractivity contribution in [2.45, 2.75) is 6.04 Å². The zero-order valence-corrected chi connectivity index (χ0v) is 12.5. The molecule has 1 N–H and O–H groups in total. The van der Waals surface area contributed by atoms with E-state index in [9.17, 15) is 9.90 Å². The standard InChI is InChI=1S/C17H20N2O2/c1-18(2)14-11-9-13(10-12-14)16(17(20)21)19(3)15-7-5-4-6-8-15/h4-12,16H,1-3H3,(H,20,21). The first kappa shape index (κ1) is 14.9. The van der Waals surface area contributed by atoms with Gasteiger partial charge in [0.15, 0.2) is 6.04 Å². The molecule has 0 bridgehead atoms. The third-order valence-corrected chi connectivity index (χ3v) is 3.51. The lowest BCUT2D eigenvalue weighted by Gasteiger charge is -2.27. The normalized spacial score (nSPS) is 11.8. The fourth-order valence-electron chi connectivity index (χ4n) is 2.30. The molecule has 0 saturated carbocycles. The van der Waals surface area contributed by atoms with Gasteiger partial charge in [0.05, 0.1) is 0 Å². The first-order valence-corrected chi connectivity index (χ1v) is 6.78. The largest absolute Gasteiger partial charge is 0.479 e. The number of aliphatic carboxylic acids is 1. The van der Waals surface area contributed by atoms with Gasteiger partial charge in [0.25, 0.3) is 0 Å². The molecule has 1 unspecified atom stereocenters. The third kappa shape index (κ3) is 3.34. The SMILES string of the molecule is CN(C)c1ccc(C(C(=O)O)N(C)c2ccccc2)cc1. The van der Waals surface area contributed by atoms with Crippen molar-refractivity contribution in [2.24, 2.45) is 0 Å². The van der Waals surface area contributed by atoms with E-state index in [4.69, 9.17) is 0 Å². The summed E-state index contributed by atoms with van der Waals surface area (Å²) in [5.74, 6) is -0.862. The zero-order valence-electron chi connectivity index (χ0n) is 12.5. The number of carboxylic acid groups (broad SMARTS) is 1. The van der Waals surface area contributed by atoms with Crippen LogP contribution in [0.5, 0.6) is 0 Å². The van der Waals surface area contributed by atoms with E-state index >= 15 is 0 Å². The second kappa shape index (κ2) is 6.31. The van der Waals surface area contributed by atoms with E-state index in [0.717, 1.165) is 16.9 Å². The van der Waals surface area contributed by atoms with E-state index in [1.54, 1.807) is 11.9 Å². The maximum Gasteiger partial charge on any atom is 0.331 e. The Morgan fingerprint density at radius 3 is 1.95 bits per heavy atom. The summed E-state index contributed by atoms with van der Waals surface area (Å²) in [4.78, 5) is 15.4. The van der Waals surface area contributed by atoms with Crippen molar-refractivity contribution < 1.29 is 9.90 Å². The number of nitrogens with zero attached hydrogens (tertiary/aromatic N) is 2. The molecule has 0 radical (unpaired) electrons. The van der Waals surface area contributed by atoms with Crippen molar-refractivity contribution in [3.8, 4) is 0 Å². The molecule has 4 heteroatoms. The van der Waals surface area contributed by atoms with Crippen LogP contribution in [0, 0.1) is 0 Å². The number of likely N-dealkylation sites (N-methyl/N-ethyl adjacent to an activating group) is 1. The molecule has 110 valence electrons. The summed E-state index contributed by atoms with van der Waals surface area (Å²) < 4.78 is 0. The molecule has 0 amide bonds. The summed E-state index contributed by atoms with van der Waals surface area (Å²) in [6.45, 7) is 0. The highest BCUT2D eigenvalue weighted by molar-refractivity contribution is 5.80. The van der Waals surface area contributed by atoms with Gasteiger partial charge in [0.2, 0.25) is 0 Å². The van der Waals surface area contributed by atoms with Crippen LogP contribution >= 0.6 is 0 Å². The molecule has 0 aliphatic carbocycles. The van der Waals surface area contributed by atoms with Crippen LogP contribution < -0.4 is 9.80 Å². The molecule has 4 nitrogen and oxygen atoms in total. The van der Waals surface area contributed by atoms with Gasteiger partial charge < -0.3 is 14.9 Å². The van der Waals surface area contributed by atoms with Crippen molar-refractivity contribution in [1.29, 1.82) is 0 Å². The Hall–Kier alpha value is -2.49. The summed E-state index contributed by atoms with van der Waals surface area (Å²) in [7, 11) is 5.72. The number of carboxylic acids is 1. The average molecular weight is 284 g/mol. The van der Waals surface area contributed by atoms with Crippen LogP contribution in [0.3, 0.4) is 0 Å². The quantitative estimate of drug-likeness (QED) is 0.916. The summed E-state index contributed by atoms with van der Waals surface area (Å²) in [5.41, 5.74) is 2.69. The lowest BCUT2D eigenvalue weighted by molar-refractivity contribution is -0.138. The zero-order chi connectivity index (χ0) is 15.4.